The first-order chi connectivity index (χ1) is 13.1. The highest BCUT2D eigenvalue weighted by Gasteiger charge is 2.22. The molecule has 1 aliphatic carbocycles. The summed E-state index contributed by atoms with van der Waals surface area (Å²) in [6.07, 6.45) is 4.91. The van der Waals surface area contributed by atoms with E-state index in [1.54, 1.807) is 37.3 Å². The Labute approximate surface area is 159 Å². The van der Waals surface area contributed by atoms with Crippen LogP contribution in [0.25, 0.3) is 0 Å². The highest BCUT2D eigenvalue weighted by Crippen LogP contribution is 2.29. The van der Waals surface area contributed by atoms with Crippen molar-refractivity contribution in [3.05, 3.63) is 40.8 Å². The summed E-state index contributed by atoms with van der Waals surface area (Å²) >= 11 is 0. The summed E-state index contributed by atoms with van der Waals surface area (Å²) in [5.74, 6) is 2.01. The molecule has 7 heteroatoms. The van der Waals surface area contributed by atoms with Crippen LogP contribution in [0.4, 0.5) is 0 Å². The molecule has 1 heterocycles. The van der Waals surface area contributed by atoms with Gasteiger partial charge < -0.3 is 24.6 Å². The number of ether oxygens (including phenoxy) is 2. The Kier molecular flexibility index (Phi) is 6.34. The lowest BCUT2D eigenvalue weighted by molar-refractivity contribution is 0.0781. The molecule has 3 rings (SSSR count). The van der Waals surface area contributed by atoms with E-state index in [4.69, 9.17) is 19.7 Å². The van der Waals surface area contributed by atoms with Crippen molar-refractivity contribution in [2.24, 2.45) is 5.73 Å². The lowest BCUT2D eigenvalue weighted by Crippen LogP contribution is -2.27. The van der Waals surface area contributed by atoms with Crippen molar-refractivity contribution in [2.45, 2.75) is 38.6 Å². The van der Waals surface area contributed by atoms with E-state index in [1.807, 2.05) is 0 Å². The number of rotatable bonds is 8. The number of nitrogens with zero attached hydrogens (tertiary/aromatic N) is 2. The largest absolute Gasteiger partial charge is 0.493 e. The lowest BCUT2D eigenvalue weighted by atomic mass is 9.96. The summed E-state index contributed by atoms with van der Waals surface area (Å²) in [7, 11) is 3.35. The van der Waals surface area contributed by atoms with Gasteiger partial charge >= 0.3 is 0 Å². The van der Waals surface area contributed by atoms with Crippen LogP contribution in [-0.2, 0) is 19.4 Å². The van der Waals surface area contributed by atoms with Crippen molar-refractivity contribution in [2.75, 3.05) is 27.3 Å². The second-order valence-electron chi connectivity index (χ2n) is 6.76. The maximum atomic E-state index is 12.9. The average Bonchev–Trinajstić information content (AvgIpc) is 3.10. The number of amides is 1. The number of aromatic nitrogens is 1. The van der Waals surface area contributed by atoms with Crippen LogP contribution < -0.4 is 15.2 Å². The fourth-order valence-corrected chi connectivity index (χ4v) is 3.28. The molecule has 0 unspecified atom stereocenters. The second kappa shape index (κ2) is 8.90. The van der Waals surface area contributed by atoms with E-state index in [0.29, 0.717) is 36.8 Å². The number of methoxy groups -OCH3 is 1. The molecule has 0 atom stereocenters. The standard InChI is InChI=1S/C20H27N3O4/c1-23(13-16-15-6-3-4-7-17(15)27-22-16)20(24)14-8-9-18(25-2)19(12-14)26-11-5-10-21/h8-9,12H,3-7,10-11,13,21H2,1-2H3. The summed E-state index contributed by atoms with van der Waals surface area (Å²) in [5.41, 5.74) is 8.07. The van der Waals surface area contributed by atoms with Crippen LogP contribution in [0.3, 0.4) is 0 Å². The van der Waals surface area contributed by atoms with Gasteiger partial charge in [0.15, 0.2) is 11.5 Å². The maximum Gasteiger partial charge on any atom is 0.254 e. The Balaban J connectivity index is 1.72. The molecule has 1 aromatic heterocycles. The molecule has 0 aliphatic heterocycles. The molecule has 7 nitrogen and oxygen atoms in total. The minimum atomic E-state index is -0.103. The molecule has 0 radical (unpaired) electrons. The van der Waals surface area contributed by atoms with E-state index >= 15 is 0 Å². The van der Waals surface area contributed by atoms with Gasteiger partial charge in [0.05, 0.1) is 20.3 Å². The Bertz CT molecular complexity index is 788. The van der Waals surface area contributed by atoms with Gasteiger partial charge in [0.1, 0.15) is 11.5 Å². The molecule has 27 heavy (non-hydrogen) atoms. The number of hydrogen-bond donors (Lipinski definition) is 1. The first kappa shape index (κ1) is 19.2. The molecular formula is C20H27N3O4. The Morgan fingerprint density at radius 3 is 2.89 bits per heavy atom. The minimum Gasteiger partial charge on any atom is -0.493 e. The van der Waals surface area contributed by atoms with Gasteiger partial charge in [-0.2, -0.15) is 0 Å². The van der Waals surface area contributed by atoms with Crippen molar-refractivity contribution in [1.29, 1.82) is 0 Å². The Hall–Kier alpha value is -2.54. The van der Waals surface area contributed by atoms with Crippen molar-refractivity contribution in [3.63, 3.8) is 0 Å². The maximum absolute atomic E-state index is 12.9. The van der Waals surface area contributed by atoms with Gasteiger partial charge in [-0.3, -0.25) is 4.79 Å². The summed E-state index contributed by atoms with van der Waals surface area (Å²) in [4.78, 5) is 14.5. The SMILES string of the molecule is COc1ccc(C(=O)N(C)Cc2noc3c2CCCC3)cc1OCCCN. The zero-order valence-corrected chi connectivity index (χ0v) is 16.0. The number of carbonyl (C=O) groups excluding carboxylic acids is 1. The molecule has 1 amide bonds. The molecule has 2 aromatic rings. The molecule has 1 aliphatic rings. The van der Waals surface area contributed by atoms with E-state index in [0.717, 1.165) is 43.6 Å². The third-order valence-electron chi connectivity index (χ3n) is 4.78. The van der Waals surface area contributed by atoms with Crippen molar-refractivity contribution < 1.29 is 18.8 Å². The van der Waals surface area contributed by atoms with Crippen LogP contribution >= 0.6 is 0 Å². The number of fused-ring (bicyclic) bond motifs is 1. The van der Waals surface area contributed by atoms with Gasteiger partial charge in [0.25, 0.3) is 5.91 Å². The fourth-order valence-electron chi connectivity index (χ4n) is 3.28. The number of aryl methyl sites for hydroxylation is 1. The van der Waals surface area contributed by atoms with Crippen LogP contribution in [0.1, 0.15) is 46.6 Å². The molecule has 0 spiro atoms. The second-order valence-corrected chi connectivity index (χ2v) is 6.76. The van der Waals surface area contributed by atoms with Gasteiger partial charge in [-0.15, -0.1) is 0 Å². The van der Waals surface area contributed by atoms with Crippen molar-refractivity contribution in [3.8, 4) is 11.5 Å². The van der Waals surface area contributed by atoms with Crippen molar-refractivity contribution in [1.82, 2.24) is 10.1 Å². The zero-order valence-electron chi connectivity index (χ0n) is 16.0. The predicted octanol–water partition coefficient (Wildman–Crippen LogP) is 2.56. The van der Waals surface area contributed by atoms with Gasteiger partial charge in [-0.05, 0) is 50.4 Å². The van der Waals surface area contributed by atoms with Gasteiger partial charge in [0.2, 0.25) is 0 Å². The average molecular weight is 373 g/mol. The first-order valence-corrected chi connectivity index (χ1v) is 9.36. The van der Waals surface area contributed by atoms with Crippen LogP contribution in [0.15, 0.2) is 22.7 Å². The summed E-state index contributed by atoms with van der Waals surface area (Å²) in [6.45, 7) is 1.45. The highest BCUT2D eigenvalue weighted by atomic mass is 16.5. The molecule has 0 fully saturated rings. The molecule has 0 saturated heterocycles. The topological polar surface area (TPSA) is 90.8 Å². The number of nitrogens with two attached hydrogens (primary N) is 1. The van der Waals surface area contributed by atoms with Crippen LogP contribution in [-0.4, -0.2) is 43.3 Å². The third-order valence-corrected chi connectivity index (χ3v) is 4.78. The van der Waals surface area contributed by atoms with E-state index in [-0.39, 0.29) is 5.91 Å². The van der Waals surface area contributed by atoms with E-state index in [2.05, 4.69) is 5.16 Å². The Morgan fingerprint density at radius 2 is 2.11 bits per heavy atom. The molecule has 2 N–H and O–H groups in total. The highest BCUT2D eigenvalue weighted by molar-refractivity contribution is 5.94. The quantitative estimate of drug-likeness (QED) is 0.715. The molecule has 0 bridgehead atoms. The normalized spacial score (nSPS) is 13.1. The summed E-state index contributed by atoms with van der Waals surface area (Å²) in [5, 5.41) is 4.18. The first-order valence-electron chi connectivity index (χ1n) is 9.36. The van der Waals surface area contributed by atoms with Crippen LogP contribution in [0, 0.1) is 0 Å². The van der Waals surface area contributed by atoms with Gasteiger partial charge in [-0.1, -0.05) is 5.16 Å². The zero-order chi connectivity index (χ0) is 19.2. The number of carbonyl (C=O) groups is 1. The molecule has 146 valence electrons. The van der Waals surface area contributed by atoms with Crippen LogP contribution in [0.5, 0.6) is 11.5 Å². The van der Waals surface area contributed by atoms with E-state index < -0.39 is 0 Å². The van der Waals surface area contributed by atoms with Gasteiger partial charge in [-0.25, -0.2) is 0 Å². The molecule has 0 saturated carbocycles. The molecular weight excluding hydrogens is 346 g/mol. The van der Waals surface area contributed by atoms with Gasteiger partial charge in [0, 0.05) is 24.6 Å². The molecule has 1 aromatic carbocycles. The predicted molar refractivity (Wildman–Crippen MR) is 101 cm³/mol. The number of hydrogen-bond acceptors (Lipinski definition) is 6. The summed E-state index contributed by atoms with van der Waals surface area (Å²) < 4.78 is 16.5. The minimum absolute atomic E-state index is 0.103. The monoisotopic (exact) mass is 373 g/mol. The Morgan fingerprint density at radius 1 is 1.30 bits per heavy atom. The number of benzene rings is 1. The van der Waals surface area contributed by atoms with Crippen LogP contribution in [0.2, 0.25) is 0 Å². The summed E-state index contributed by atoms with van der Waals surface area (Å²) in [6, 6.07) is 5.20. The third kappa shape index (κ3) is 4.42. The fraction of sp³-hybridized carbons (Fsp3) is 0.500. The lowest BCUT2D eigenvalue weighted by Gasteiger charge is -2.18. The smallest absolute Gasteiger partial charge is 0.254 e. The van der Waals surface area contributed by atoms with E-state index in [9.17, 15) is 4.79 Å². The van der Waals surface area contributed by atoms with Crippen molar-refractivity contribution >= 4 is 5.91 Å². The van der Waals surface area contributed by atoms with E-state index in [1.165, 1.54) is 5.56 Å².